The number of hydrogen-bond donors (Lipinski definition) is 0. The lowest BCUT2D eigenvalue weighted by Crippen LogP contribution is -2.50. The van der Waals surface area contributed by atoms with Crippen molar-refractivity contribution in [2.45, 2.75) is 13.3 Å². The molecule has 0 spiro atoms. The van der Waals surface area contributed by atoms with Gasteiger partial charge in [-0.1, -0.05) is 13.0 Å². The highest BCUT2D eigenvalue weighted by molar-refractivity contribution is 5.92. The molecule has 0 radical (unpaired) electrons. The molecule has 2 amide bonds. The van der Waals surface area contributed by atoms with Crippen LogP contribution in [0.25, 0.3) is 6.08 Å². The topological polar surface area (TPSA) is 53.5 Å². The van der Waals surface area contributed by atoms with E-state index in [-0.39, 0.29) is 17.7 Å². The smallest absolute Gasteiger partial charge is 0.246 e. The summed E-state index contributed by atoms with van der Waals surface area (Å²) in [4.78, 5) is 32.0. The summed E-state index contributed by atoms with van der Waals surface area (Å²) in [6.45, 7) is 4.64. The monoisotopic (exact) mass is 299 g/mol. The van der Waals surface area contributed by atoms with Crippen LogP contribution in [0.3, 0.4) is 0 Å². The number of rotatable bonds is 3. The molecule has 2 heterocycles. The van der Waals surface area contributed by atoms with Crippen molar-refractivity contribution in [1.29, 1.82) is 0 Å². The van der Waals surface area contributed by atoms with Gasteiger partial charge < -0.3 is 9.80 Å². The Balaban J connectivity index is 1.49. The lowest BCUT2D eigenvalue weighted by atomic mass is 10.2. The summed E-state index contributed by atoms with van der Waals surface area (Å²) in [6.07, 6.45) is 7.80. The molecule has 2 aliphatic rings. The standard InChI is InChI=1S/C17H21N3O2/c1-13-11-15(13)17(22)20-9-7-19(8-10-20)16(21)5-4-14-3-2-6-18-12-14/h2-6,12-13,15H,7-11H2,1H3/b5-4+/t13-,15-/m0/s1. The molecule has 0 bridgehead atoms. The van der Waals surface area contributed by atoms with Crippen LogP contribution < -0.4 is 0 Å². The van der Waals surface area contributed by atoms with Crippen LogP contribution in [0, 0.1) is 11.8 Å². The normalized spacial score (nSPS) is 24.6. The minimum atomic E-state index is -0.00394. The molecule has 0 N–H and O–H groups in total. The van der Waals surface area contributed by atoms with Crippen molar-refractivity contribution < 1.29 is 9.59 Å². The van der Waals surface area contributed by atoms with E-state index in [4.69, 9.17) is 0 Å². The average Bonchev–Trinajstić information content (AvgIpc) is 3.30. The van der Waals surface area contributed by atoms with Crippen molar-refractivity contribution in [3.05, 3.63) is 36.2 Å². The third-order valence-electron chi connectivity index (χ3n) is 4.43. The number of amides is 2. The van der Waals surface area contributed by atoms with E-state index in [0.29, 0.717) is 32.1 Å². The molecular formula is C17H21N3O2. The maximum Gasteiger partial charge on any atom is 0.246 e. The van der Waals surface area contributed by atoms with Crippen molar-refractivity contribution in [2.24, 2.45) is 11.8 Å². The Hall–Kier alpha value is -2.17. The number of hydrogen-bond acceptors (Lipinski definition) is 3. The van der Waals surface area contributed by atoms with Crippen LogP contribution in [0.15, 0.2) is 30.6 Å². The second-order valence-corrected chi connectivity index (χ2v) is 6.09. The van der Waals surface area contributed by atoms with E-state index < -0.39 is 0 Å². The van der Waals surface area contributed by atoms with Crippen LogP contribution >= 0.6 is 0 Å². The highest BCUT2D eigenvalue weighted by atomic mass is 16.2. The SMILES string of the molecule is C[C@H]1C[C@@H]1C(=O)N1CCN(C(=O)/C=C/c2cccnc2)CC1. The first-order valence-corrected chi connectivity index (χ1v) is 7.81. The molecule has 1 aromatic rings. The first-order chi connectivity index (χ1) is 10.6. The maximum atomic E-state index is 12.2. The number of piperazine rings is 1. The van der Waals surface area contributed by atoms with E-state index >= 15 is 0 Å². The maximum absolute atomic E-state index is 12.2. The molecule has 1 aromatic heterocycles. The van der Waals surface area contributed by atoms with Crippen molar-refractivity contribution in [2.75, 3.05) is 26.2 Å². The van der Waals surface area contributed by atoms with Gasteiger partial charge in [-0.3, -0.25) is 14.6 Å². The van der Waals surface area contributed by atoms with Gasteiger partial charge in [-0.25, -0.2) is 0 Å². The molecule has 116 valence electrons. The zero-order valence-electron chi connectivity index (χ0n) is 12.8. The van der Waals surface area contributed by atoms with Gasteiger partial charge in [0.25, 0.3) is 0 Å². The molecule has 1 saturated carbocycles. The van der Waals surface area contributed by atoms with Crippen molar-refractivity contribution in [3.63, 3.8) is 0 Å². The van der Waals surface area contributed by atoms with Gasteiger partial charge in [0.05, 0.1) is 0 Å². The van der Waals surface area contributed by atoms with Crippen LogP contribution in [0.4, 0.5) is 0 Å². The van der Waals surface area contributed by atoms with Crippen molar-refractivity contribution >= 4 is 17.9 Å². The Bertz CT molecular complexity index is 577. The Kier molecular flexibility index (Phi) is 4.22. The van der Waals surface area contributed by atoms with Crippen molar-refractivity contribution in [3.8, 4) is 0 Å². The fraction of sp³-hybridized carbons (Fsp3) is 0.471. The van der Waals surface area contributed by atoms with Crippen LogP contribution in [0.1, 0.15) is 18.9 Å². The Morgan fingerprint density at radius 1 is 1.23 bits per heavy atom. The first-order valence-electron chi connectivity index (χ1n) is 7.81. The molecule has 5 nitrogen and oxygen atoms in total. The Labute approximate surface area is 130 Å². The molecule has 0 aromatic carbocycles. The number of pyridine rings is 1. The van der Waals surface area contributed by atoms with Gasteiger partial charge in [-0.15, -0.1) is 0 Å². The van der Waals surface area contributed by atoms with E-state index in [1.165, 1.54) is 0 Å². The molecular weight excluding hydrogens is 278 g/mol. The first kappa shape index (κ1) is 14.8. The summed E-state index contributed by atoms with van der Waals surface area (Å²) < 4.78 is 0. The third-order valence-corrected chi connectivity index (χ3v) is 4.43. The largest absolute Gasteiger partial charge is 0.339 e. The van der Waals surface area contributed by atoms with Crippen LogP contribution in [-0.4, -0.2) is 52.8 Å². The molecule has 22 heavy (non-hydrogen) atoms. The van der Waals surface area contributed by atoms with Crippen molar-refractivity contribution in [1.82, 2.24) is 14.8 Å². The average molecular weight is 299 g/mol. The van der Waals surface area contributed by atoms with E-state index in [1.54, 1.807) is 29.4 Å². The van der Waals surface area contributed by atoms with Crippen LogP contribution in [-0.2, 0) is 9.59 Å². The zero-order chi connectivity index (χ0) is 15.5. The van der Waals surface area contributed by atoms with Crippen LogP contribution in [0.5, 0.6) is 0 Å². The lowest BCUT2D eigenvalue weighted by molar-refractivity contribution is -0.138. The summed E-state index contributed by atoms with van der Waals surface area (Å²) in [7, 11) is 0. The molecule has 2 fully saturated rings. The van der Waals surface area contributed by atoms with E-state index in [1.807, 2.05) is 17.0 Å². The predicted octanol–water partition coefficient (Wildman–Crippen LogP) is 1.42. The lowest BCUT2D eigenvalue weighted by Gasteiger charge is -2.34. The molecule has 0 unspecified atom stereocenters. The van der Waals surface area contributed by atoms with Gasteiger partial charge in [0.2, 0.25) is 11.8 Å². The van der Waals surface area contributed by atoms with Gasteiger partial charge in [0.1, 0.15) is 0 Å². The fourth-order valence-corrected chi connectivity index (χ4v) is 2.80. The fourth-order valence-electron chi connectivity index (χ4n) is 2.80. The van der Waals surface area contributed by atoms with Gasteiger partial charge in [-0.2, -0.15) is 0 Å². The number of aromatic nitrogens is 1. The van der Waals surface area contributed by atoms with Gasteiger partial charge in [-0.05, 0) is 30.0 Å². The van der Waals surface area contributed by atoms with Gasteiger partial charge >= 0.3 is 0 Å². The molecule has 1 aliphatic heterocycles. The second kappa shape index (κ2) is 6.30. The summed E-state index contributed by atoms with van der Waals surface area (Å²) in [6, 6.07) is 3.75. The summed E-state index contributed by atoms with van der Waals surface area (Å²) in [5.41, 5.74) is 0.910. The zero-order valence-corrected chi connectivity index (χ0v) is 12.8. The molecule has 5 heteroatoms. The molecule has 2 atom stereocenters. The molecule has 1 aliphatic carbocycles. The minimum absolute atomic E-state index is 0.00394. The highest BCUT2D eigenvalue weighted by Crippen LogP contribution is 2.39. The van der Waals surface area contributed by atoms with Crippen LogP contribution in [0.2, 0.25) is 0 Å². The summed E-state index contributed by atoms with van der Waals surface area (Å²) in [5.74, 6) is 1.03. The molecule has 3 rings (SSSR count). The van der Waals surface area contributed by atoms with E-state index in [0.717, 1.165) is 12.0 Å². The quantitative estimate of drug-likeness (QED) is 0.793. The Morgan fingerprint density at radius 3 is 2.50 bits per heavy atom. The number of nitrogens with zero attached hydrogens (tertiary/aromatic N) is 3. The third kappa shape index (κ3) is 3.35. The second-order valence-electron chi connectivity index (χ2n) is 6.09. The van der Waals surface area contributed by atoms with E-state index in [9.17, 15) is 9.59 Å². The minimum Gasteiger partial charge on any atom is -0.339 e. The summed E-state index contributed by atoms with van der Waals surface area (Å²) in [5, 5.41) is 0. The van der Waals surface area contributed by atoms with Gasteiger partial charge in [0.15, 0.2) is 0 Å². The summed E-state index contributed by atoms with van der Waals surface area (Å²) >= 11 is 0. The van der Waals surface area contributed by atoms with E-state index in [2.05, 4.69) is 11.9 Å². The Morgan fingerprint density at radius 2 is 1.91 bits per heavy atom. The molecule has 1 saturated heterocycles. The predicted molar refractivity (Wildman–Crippen MR) is 83.7 cm³/mol. The highest BCUT2D eigenvalue weighted by Gasteiger charge is 2.42. The van der Waals surface area contributed by atoms with Gasteiger partial charge in [0, 0.05) is 50.6 Å². The number of carbonyl (C=O) groups is 2. The number of carbonyl (C=O) groups excluding carboxylic acids is 2.